The van der Waals surface area contributed by atoms with Crippen molar-refractivity contribution in [3.05, 3.63) is 28.8 Å². The van der Waals surface area contributed by atoms with Crippen LogP contribution in [0.5, 0.6) is 0 Å². The molecule has 1 aromatic rings. The first kappa shape index (κ1) is 16.2. The second kappa shape index (κ2) is 6.43. The normalized spacial score (nSPS) is 24.3. The fourth-order valence-electron chi connectivity index (χ4n) is 3.52. The van der Waals surface area contributed by atoms with Gasteiger partial charge in [0.05, 0.1) is 5.02 Å². The molecule has 1 N–H and O–H groups in total. The molecule has 124 valence electrons. The Morgan fingerprint density at radius 2 is 2.00 bits per heavy atom. The molecule has 1 aromatic carbocycles. The number of urea groups is 1. The summed E-state index contributed by atoms with van der Waals surface area (Å²) in [5.74, 6) is -2.14. The van der Waals surface area contributed by atoms with E-state index in [1.165, 1.54) is 6.07 Å². The number of hydrogen-bond acceptors (Lipinski definition) is 2. The predicted octanol–water partition coefficient (Wildman–Crippen LogP) is 3.98. The van der Waals surface area contributed by atoms with E-state index < -0.39 is 17.7 Å². The summed E-state index contributed by atoms with van der Waals surface area (Å²) >= 11 is 5.59. The number of anilines is 1. The number of hydrogen-bond donors (Lipinski definition) is 1. The van der Waals surface area contributed by atoms with Gasteiger partial charge in [-0.15, -0.1) is 0 Å². The summed E-state index contributed by atoms with van der Waals surface area (Å²) in [5.41, 5.74) is 0.100. The van der Waals surface area contributed by atoms with Gasteiger partial charge < -0.3 is 10.2 Å². The van der Waals surface area contributed by atoms with Crippen LogP contribution in [-0.2, 0) is 4.79 Å². The molecule has 23 heavy (non-hydrogen) atoms. The molecule has 2 aliphatic rings. The van der Waals surface area contributed by atoms with Crippen molar-refractivity contribution in [1.29, 1.82) is 0 Å². The molecule has 2 atom stereocenters. The fourth-order valence-corrected chi connectivity index (χ4v) is 3.72. The molecule has 0 aromatic heterocycles. The van der Waals surface area contributed by atoms with E-state index in [0.29, 0.717) is 13.0 Å². The highest BCUT2D eigenvalue weighted by molar-refractivity contribution is 6.31. The Bertz CT molecular complexity index is 630. The van der Waals surface area contributed by atoms with Gasteiger partial charge in [-0.05, 0) is 18.9 Å². The Kier molecular flexibility index (Phi) is 4.53. The fraction of sp³-hybridized carbons (Fsp3) is 0.500. The van der Waals surface area contributed by atoms with E-state index in [0.717, 1.165) is 31.7 Å². The number of benzene rings is 1. The number of Topliss-reactive ketones (excluding diaryl/α,β-unsaturated/α-hetero) is 1. The zero-order valence-corrected chi connectivity index (χ0v) is 13.2. The second-order valence-electron chi connectivity index (χ2n) is 6.05. The first-order valence-electron chi connectivity index (χ1n) is 7.72. The monoisotopic (exact) mass is 342 g/mol. The van der Waals surface area contributed by atoms with Crippen molar-refractivity contribution in [2.24, 2.45) is 5.92 Å². The minimum atomic E-state index is -1.14. The molecule has 4 nitrogen and oxygen atoms in total. The standard InChI is InChI=1S/C16H17ClF2N2O2/c17-11-7-9(8-12(18)15(11)19)20-16(23)21-6-5-14(22)10-3-1-2-4-13(10)21/h7-8,10,13H,1-6H2,(H,20,23). The molecule has 1 aliphatic carbocycles. The lowest BCUT2D eigenvalue weighted by atomic mass is 9.77. The first-order valence-corrected chi connectivity index (χ1v) is 8.10. The van der Waals surface area contributed by atoms with Gasteiger partial charge in [-0.3, -0.25) is 4.79 Å². The van der Waals surface area contributed by atoms with Crippen molar-refractivity contribution in [2.75, 3.05) is 11.9 Å². The number of nitrogens with one attached hydrogen (secondary N) is 1. The van der Waals surface area contributed by atoms with Crippen LogP contribution >= 0.6 is 11.6 Å². The predicted molar refractivity (Wildman–Crippen MR) is 82.5 cm³/mol. The number of carbonyl (C=O) groups is 2. The third kappa shape index (κ3) is 3.17. The Labute approximate surface area is 137 Å². The van der Waals surface area contributed by atoms with Crippen molar-refractivity contribution in [2.45, 2.75) is 38.1 Å². The molecule has 0 radical (unpaired) electrons. The van der Waals surface area contributed by atoms with Gasteiger partial charge in [0, 0.05) is 36.7 Å². The van der Waals surface area contributed by atoms with Crippen LogP contribution in [0.4, 0.5) is 19.3 Å². The van der Waals surface area contributed by atoms with Gasteiger partial charge in [0.1, 0.15) is 5.78 Å². The van der Waals surface area contributed by atoms with Crippen molar-refractivity contribution in [3.8, 4) is 0 Å². The summed E-state index contributed by atoms with van der Waals surface area (Å²) in [7, 11) is 0. The summed E-state index contributed by atoms with van der Waals surface area (Å²) in [6.07, 6.45) is 3.93. The van der Waals surface area contributed by atoms with Crippen LogP contribution in [0.3, 0.4) is 0 Å². The summed E-state index contributed by atoms with van der Waals surface area (Å²) < 4.78 is 26.6. The third-order valence-corrected chi connectivity index (χ3v) is 4.91. The molecule has 1 saturated heterocycles. The molecular formula is C16H17ClF2N2O2. The molecule has 7 heteroatoms. The third-order valence-electron chi connectivity index (χ3n) is 4.64. The maximum atomic E-state index is 13.4. The SMILES string of the molecule is O=C1CCN(C(=O)Nc2cc(F)c(F)c(Cl)c2)C2CCCCC12. The van der Waals surface area contributed by atoms with E-state index in [2.05, 4.69) is 5.32 Å². The number of rotatable bonds is 1. The Morgan fingerprint density at radius 1 is 1.26 bits per heavy atom. The molecule has 2 unspecified atom stereocenters. The highest BCUT2D eigenvalue weighted by atomic mass is 35.5. The van der Waals surface area contributed by atoms with E-state index in [4.69, 9.17) is 11.6 Å². The first-order chi connectivity index (χ1) is 11.0. The second-order valence-corrected chi connectivity index (χ2v) is 6.46. The minimum Gasteiger partial charge on any atom is -0.320 e. The number of halogens is 3. The maximum absolute atomic E-state index is 13.4. The van der Waals surface area contributed by atoms with E-state index in [9.17, 15) is 18.4 Å². The average molecular weight is 343 g/mol. The Balaban J connectivity index is 1.76. The number of piperidine rings is 1. The lowest BCUT2D eigenvalue weighted by Gasteiger charge is -2.42. The molecule has 2 fully saturated rings. The molecule has 0 spiro atoms. The summed E-state index contributed by atoms with van der Waals surface area (Å²) in [6.45, 7) is 0.350. The van der Waals surface area contributed by atoms with Gasteiger partial charge in [-0.2, -0.15) is 0 Å². The van der Waals surface area contributed by atoms with E-state index >= 15 is 0 Å². The zero-order valence-electron chi connectivity index (χ0n) is 12.4. The minimum absolute atomic E-state index is 0.100. The highest BCUT2D eigenvalue weighted by Gasteiger charge is 2.40. The van der Waals surface area contributed by atoms with Crippen LogP contribution in [0.2, 0.25) is 5.02 Å². The van der Waals surface area contributed by atoms with Gasteiger partial charge in [0.15, 0.2) is 11.6 Å². The van der Waals surface area contributed by atoms with Gasteiger partial charge in [-0.1, -0.05) is 24.4 Å². The average Bonchev–Trinajstić information content (AvgIpc) is 2.53. The van der Waals surface area contributed by atoms with Crippen molar-refractivity contribution >= 4 is 29.1 Å². The molecular weight excluding hydrogens is 326 g/mol. The highest BCUT2D eigenvalue weighted by Crippen LogP contribution is 2.34. The molecule has 1 saturated carbocycles. The quantitative estimate of drug-likeness (QED) is 0.785. The topological polar surface area (TPSA) is 49.4 Å². The molecule has 3 rings (SSSR count). The Hall–Kier alpha value is -1.69. The lowest BCUT2D eigenvalue weighted by molar-refractivity contribution is -0.129. The zero-order chi connectivity index (χ0) is 16.6. The van der Waals surface area contributed by atoms with Crippen LogP contribution in [0, 0.1) is 17.6 Å². The largest absolute Gasteiger partial charge is 0.322 e. The van der Waals surface area contributed by atoms with Crippen molar-refractivity contribution in [1.82, 2.24) is 4.90 Å². The number of fused-ring (bicyclic) bond motifs is 1. The molecule has 0 bridgehead atoms. The summed E-state index contributed by atoms with van der Waals surface area (Å²) in [4.78, 5) is 26.1. The van der Waals surface area contributed by atoms with Crippen LogP contribution in [0.15, 0.2) is 12.1 Å². The van der Waals surface area contributed by atoms with E-state index in [1.54, 1.807) is 4.90 Å². The van der Waals surface area contributed by atoms with Crippen molar-refractivity contribution < 1.29 is 18.4 Å². The number of ketones is 1. The van der Waals surface area contributed by atoms with Gasteiger partial charge in [0.25, 0.3) is 0 Å². The Morgan fingerprint density at radius 3 is 2.74 bits per heavy atom. The number of amides is 2. The number of carbonyl (C=O) groups excluding carboxylic acids is 2. The van der Waals surface area contributed by atoms with E-state index in [1.807, 2.05) is 0 Å². The summed E-state index contributed by atoms with van der Waals surface area (Å²) in [6, 6.07) is 1.56. The van der Waals surface area contributed by atoms with E-state index in [-0.39, 0.29) is 28.5 Å². The van der Waals surface area contributed by atoms with Crippen molar-refractivity contribution in [3.63, 3.8) is 0 Å². The molecule has 1 aliphatic heterocycles. The smallest absolute Gasteiger partial charge is 0.320 e. The van der Waals surface area contributed by atoms with Crippen LogP contribution < -0.4 is 5.32 Å². The number of nitrogens with zero attached hydrogens (tertiary/aromatic N) is 1. The van der Waals surface area contributed by atoms with Crippen LogP contribution in [0.1, 0.15) is 32.1 Å². The van der Waals surface area contributed by atoms with Crippen LogP contribution in [0.25, 0.3) is 0 Å². The van der Waals surface area contributed by atoms with Crippen LogP contribution in [-0.4, -0.2) is 29.3 Å². The maximum Gasteiger partial charge on any atom is 0.322 e. The van der Waals surface area contributed by atoms with Gasteiger partial charge >= 0.3 is 6.03 Å². The number of likely N-dealkylation sites (tertiary alicyclic amines) is 1. The van der Waals surface area contributed by atoms with Gasteiger partial charge in [-0.25, -0.2) is 13.6 Å². The van der Waals surface area contributed by atoms with Gasteiger partial charge in [0.2, 0.25) is 0 Å². The molecule has 2 amide bonds. The summed E-state index contributed by atoms with van der Waals surface area (Å²) in [5, 5.41) is 2.17. The molecule has 1 heterocycles. The lowest BCUT2D eigenvalue weighted by Crippen LogP contribution is -2.54.